The maximum atomic E-state index is 11.7. The van der Waals surface area contributed by atoms with Crippen LogP contribution in [0.25, 0.3) is 0 Å². The highest BCUT2D eigenvalue weighted by atomic mass is 16.3. The fraction of sp³-hybridized carbons (Fsp3) is 0.417. The molecule has 0 aliphatic heterocycles. The van der Waals surface area contributed by atoms with Crippen molar-refractivity contribution in [3.8, 4) is 5.75 Å². The van der Waals surface area contributed by atoms with E-state index in [1.165, 1.54) is 0 Å². The Bertz CT molecular complexity index is 319. The van der Waals surface area contributed by atoms with Crippen LogP contribution in [-0.2, 0) is 11.2 Å². The molecular weight excluding hydrogens is 190 g/mol. The van der Waals surface area contributed by atoms with Crippen LogP contribution in [-0.4, -0.2) is 17.4 Å². The molecule has 0 saturated carbocycles. The second kappa shape index (κ2) is 5.51. The van der Waals surface area contributed by atoms with E-state index in [1.54, 1.807) is 24.3 Å². The van der Waals surface area contributed by atoms with Crippen molar-refractivity contribution in [2.75, 3.05) is 6.54 Å². The quantitative estimate of drug-likeness (QED) is 0.768. The first-order valence-electron chi connectivity index (χ1n) is 5.14. The van der Waals surface area contributed by atoms with Gasteiger partial charge in [0.1, 0.15) is 11.5 Å². The lowest BCUT2D eigenvalue weighted by atomic mass is 9.97. The highest BCUT2D eigenvalue weighted by Crippen LogP contribution is 2.12. The van der Waals surface area contributed by atoms with Crippen LogP contribution in [0.5, 0.6) is 5.75 Å². The van der Waals surface area contributed by atoms with E-state index in [9.17, 15) is 4.79 Å². The monoisotopic (exact) mass is 207 g/mol. The summed E-state index contributed by atoms with van der Waals surface area (Å²) >= 11 is 0. The summed E-state index contributed by atoms with van der Waals surface area (Å²) in [6, 6.07) is 6.72. The molecule has 0 aromatic heterocycles. The van der Waals surface area contributed by atoms with E-state index in [4.69, 9.17) is 10.8 Å². The molecule has 1 atom stereocenters. The Kier molecular flexibility index (Phi) is 4.31. The third-order valence-electron chi connectivity index (χ3n) is 2.46. The van der Waals surface area contributed by atoms with Crippen molar-refractivity contribution < 1.29 is 9.90 Å². The van der Waals surface area contributed by atoms with Gasteiger partial charge >= 0.3 is 0 Å². The van der Waals surface area contributed by atoms with Gasteiger partial charge in [0.25, 0.3) is 0 Å². The molecule has 3 heteroatoms. The van der Waals surface area contributed by atoms with Gasteiger partial charge in [-0.15, -0.1) is 0 Å². The first kappa shape index (κ1) is 11.7. The number of phenolic OH excluding ortho intramolecular Hbond substituents is 1. The molecule has 0 saturated heterocycles. The van der Waals surface area contributed by atoms with Gasteiger partial charge in [-0.3, -0.25) is 4.79 Å². The molecule has 0 fully saturated rings. The van der Waals surface area contributed by atoms with Crippen molar-refractivity contribution in [1.29, 1.82) is 0 Å². The second-order valence-corrected chi connectivity index (χ2v) is 3.79. The average molecular weight is 207 g/mol. The van der Waals surface area contributed by atoms with Gasteiger partial charge in [0.15, 0.2) is 0 Å². The maximum Gasteiger partial charge on any atom is 0.140 e. The molecule has 0 radical (unpaired) electrons. The Labute approximate surface area is 89.9 Å². The largest absolute Gasteiger partial charge is 0.508 e. The van der Waals surface area contributed by atoms with E-state index in [0.717, 1.165) is 12.0 Å². The summed E-state index contributed by atoms with van der Waals surface area (Å²) in [6.07, 6.45) is 1.15. The van der Waals surface area contributed by atoms with Crippen molar-refractivity contribution in [1.82, 2.24) is 0 Å². The third kappa shape index (κ3) is 3.72. The molecular formula is C12H17NO2. The van der Waals surface area contributed by atoms with Gasteiger partial charge in [0.2, 0.25) is 0 Å². The minimum atomic E-state index is 0.0174. The molecule has 0 amide bonds. The topological polar surface area (TPSA) is 63.3 Å². The Morgan fingerprint density at radius 2 is 2.00 bits per heavy atom. The van der Waals surface area contributed by atoms with Gasteiger partial charge in [0, 0.05) is 12.3 Å². The second-order valence-electron chi connectivity index (χ2n) is 3.79. The zero-order valence-electron chi connectivity index (χ0n) is 8.94. The molecule has 0 bridgehead atoms. The molecule has 1 aromatic rings. The number of benzene rings is 1. The normalized spacial score (nSPS) is 12.4. The van der Waals surface area contributed by atoms with E-state index in [2.05, 4.69) is 0 Å². The number of nitrogens with two attached hydrogens (primary N) is 1. The van der Waals surface area contributed by atoms with Crippen LogP contribution in [0.15, 0.2) is 24.3 Å². The van der Waals surface area contributed by atoms with Crippen LogP contribution in [0.1, 0.15) is 18.9 Å². The zero-order chi connectivity index (χ0) is 11.3. The molecule has 1 aromatic carbocycles. The van der Waals surface area contributed by atoms with Crippen molar-refractivity contribution in [3.05, 3.63) is 29.8 Å². The summed E-state index contributed by atoms with van der Waals surface area (Å²) in [6.45, 7) is 2.44. The highest BCUT2D eigenvalue weighted by molar-refractivity contribution is 5.82. The van der Waals surface area contributed by atoms with E-state index in [-0.39, 0.29) is 17.5 Å². The number of hydrogen-bond acceptors (Lipinski definition) is 3. The number of Topliss-reactive ketones (excluding diaryl/α,β-unsaturated/α-hetero) is 1. The van der Waals surface area contributed by atoms with Crippen LogP contribution < -0.4 is 5.73 Å². The number of carbonyl (C=O) groups excluding carboxylic acids is 1. The van der Waals surface area contributed by atoms with Crippen molar-refractivity contribution in [2.24, 2.45) is 11.7 Å². The Morgan fingerprint density at radius 1 is 1.40 bits per heavy atom. The Hall–Kier alpha value is -1.35. The lowest BCUT2D eigenvalue weighted by Gasteiger charge is -2.08. The summed E-state index contributed by atoms with van der Waals surface area (Å²) in [5.41, 5.74) is 6.33. The minimum Gasteiger partial charge on any atom is -0.508 e. The third-order valence-corrected chi connectivity index (χ3v) is 2.46. The molecule has 0 heterocycles. The van der Waals surface area contributed by atoms with Crippen LogP contribution in [0, 0.1) is 5.92 Å². The number of ketones is 1. The lowest BCUT2D eigenvalue weighted by molar-refractivity contribution is -0.121. The summed E-state index contributed by atoms with van der Waals surface area (Å²) < 4.78 is 0. The SMILES string of the molecule is CC(CCN)C(=O)Cc1ccc(O)cc1. The molecule has 1 rings (SSSR count). The molecule has 15 heavy (non-hydrogen) atoms. The summed E-state index contributed by atoms with van der Waals surface area (Å²) in [7, 11) is 0. The fourth-order valence-corrected chi connectivity index (χ4v) is 1.40. The highest BCUT2D eigenvalue weighted by Gasteiger charge is 2.12. The van der Waals surface area contributed by atoms with Gasteiger partial charge in [-0.1, -0.05) is 19.1 Å². The standard InChI is InChI=1S/C12H17NO2/c1-9(6-7-13)12(15)8-10-2-4-11(14)5-3-10/h2-5,9,14H,6-8,13H2,1H3. The van der Waals surface area contributed by atoms with Crippen molar-refractivity contribution >= 4 is 5.78 Å². The van der Waals surface area contributed by atoms with E-state index in [0.29, 0.717) is 13.0 Å². The van der Waals surface area contributed by atoms with E-state index in [1.807, 2.05) is 6.92 Å². The van der Waals surface area contributed by atoms with Crippen molar-refractivity contribution in [2.45, 2.75) is 19.8 Å². The molecule has 3 N–H and O–H groups in total. The van der Waals surface area contributed by atoms with Crippen LogP contribution >= 0.6 is 0 Å². The van der Waals surface area contributed by atoms with Crippen LogP contribution in [0.4, 0.5) is 0 Å². The van der Waals surface area contributed by atoms with Gasteiger partial charge < -0.3 is 10.8 Å². The summed E-state index contributed by atoms with van der Waals surface area (Å²) in [4.78, 5) is 11.7. The van der Waals surface area contributed by atoms with E-state index < -0.39 is 0 Å². The zero-order valence-corrected chi connectivity index (χ0v) is 8.94. The molecule has 1 unspecified atom stereocenters. The van der Waals surface area contributed by atoms with Crippen LogP contribution in [0.2, 0.25) is 0 Å². The van der Waals surface area contributed by atoms with Crippen LogP contribution in [0.3, 0.4) is 0 Å². The first-order valence-corrected chi connectivity index (χ1v) is 5.14. The number of aromatic hydroxyl groups is 1. The Balaban J connectivity index is 2.54. The molecule has 3 nitrogen and oxygen atoms in total. The van der Waals surface area contributed by atoms with E-state index >= 15 is 0 Å². The van der Waals surface area contributed by atoms with Gasteiger partial charge in [-0.05, 0) is 30.7 Å². The maximum absolute atomic E-state index is 11.7. The average Bonchev–Trinajstić information content (AvgIpc) is 2.22. The fourth-order valence-electron chi connectivity index (χ4n) is 1.40. The Morgan fingerprint density at radius 3 is 2.53 bits per heavy atom. The molecule has 0 aliphatic carbocycles. The summed E-state index contributed by atoms with van der Waals surface area (Å²) in [5.74, 6) is 0.441. The first-order chi connectivity index (χ1) is 7.13. The van der Waals surface area contributed by atoms with Gasteiger partial charge in [-0.2, -0.15) is 0 Å². The molecule has 0 spiro atoms. The lowest BCUT2D eigenvalue weighted by Crippen LogP contribution is -2.17. The molecule has 0 aliphatic rings. The number of carbonyl (C=O) groups is 1. The van der Waals surface area contributed by atoms with Gasteiger partial charge in [0.05, 0.1) is 0 Å². The number of rotatable bonds is 5. The minimum absolute atomic E-state index is 0.0174. The number of hydrogen-bond donors (Lipinski definition) is 2. The van der Waals surface area contributed by atoms with Gasteiger partial charge in [-0.25, -0.2) is 0 Å². The number of phenols is 1. The van der Waals surface area contributed by atoms with Crippen molar-refractivity contribution in [3.63, 3.8) is 0 Å². The summed E-state index contributed by atoms with van der Waals surface area (Å²) in [5, 5.41) is 9.08. The molecule has 82 valence electrons. The smallest absolute Gasteiger partial charge is 0.140 e. The predicted molar refractivity (Wildman–Crippen MR) is 59.7 cm³/mol. The predicted octanol–water partition coefficient (Wildman–Crippen LogP) is 1.49.